The van der Waals surface area contributed by atoms with Gasteiger partial charge in [0.25, 0.3) is 5.69 Å². The van der Waals surface area contributed by atoms with Crippen molar-refractivity contribution >= 4 is 23.2 Å². The van der Waals surface area contributed by atoms with Gasteiger partial charge in [0.1, 0.15) is 23.0 Å². The second-order valence-corrected chi connectivity index (χ2v) is 9.53. The van der Waals surface area contributed by atoms with Crippen molar-refractivity contribution in [1.29, 1.82) is 0 Å². The Kier molecular flexibility index (Phi) is 9.01. The first kappa shape index (κ1) is 26.5. The van der Waals surface area contributed by atoms with E-state index >= 15 is 0 Å². The smallest absolute Gasteiger partial charge is 0.276 e. The van der Waals surface area contributed by atoms with Crippen LogP contribution in [0.5, 0.6) is 23.0 Å². The van der Waals surface area contributed by atoms with E-state index in [1.54, 1.807) is 24.3 Å². The predicted octanol–water partition coefficient (Wildman–Crippen LogP) is 7.64. The van der Waals surface area contributed by atoms with Crippen molar-refractivity contribution in [3.8, 4) is 23.0 Å². The predicted molar refractivity (Wildman–Crippen MR) is 143 cm³/mol. The molecule has 0 heterocycles. The molecule has 0 aromatic heterocycles. The van der Waals surface area contributed by atoms with Crippen molar-refractivity contribution in [2.24, 2.45) is 0 Å². The van der Waals surface area contributed by atoms with Crippen LogP contribution in [0.4, 0.5) is 5.69 Å². The number of non-ortho nitro benzene ring substituents is 1. The standard InChI is InChI=1S/C29H29ClN2O5/c1-2-31-29(33)15-10-20-8-12-24(13-9-20)36-25-17-23(32(34)35)18-26(19-25)37-28-14-11-22(30)16-27(28)21-6-4-3-5-7-21/h1,8-9,11-14,16-19,21H,2-7,10,15H2,(H,31,33). The minimum absolute atomic E-state index is 0.112. The lowest BCUT2D eigenvalue weighted by Gasteiger charge is -2.24. The van der Waals surface area contributed by atoms with Gasteiger partial charge >= 0.3 is 0 Å². The first-order valence-electron chi connectivity index (χ1n) is 12.4. The number of nitrogens with zero attached hydrogens (tertiary/aromatic N) is 1. The topological polar surface area (TPSA) is 90.7 Å². The molecule has 0 aliphatic heterocycles. The normalized spacial score (nSPS) is 13.7. The van der Waals surface area contributed by atoms with Crippen LogP contribution in [-0.2, 0) is 11.2 Å². The molecule has 0 unspecified atom stereocenters. The van der Waals surface area contributed by atoms with Gasteiger partial charge in [0, 0.05) is 24.1 Å². The SMILES string of the molecule is [CH]CNC(=O)CCc1ccc(Oc2cc(Oc3ccc(Cl)cc3C3CCCCC3)cc([N+](=O)[O-])c2)cc1. The second kappa shape index (κ2) is 12.6. The van der Waals surface area contributed by atoms with Crippen LogP contribution in [-0.4, -0.2) is 17.4 Å². The molecule has 1 fully saturated rings. The number of hydrogen-bond acceptors (Lipinski definition) is 5. The number of nitro groups is 1. The van der Waals surface area contributed by atoms with Gasteiger partial charge in [-0.3, -0.25) is 14.9 Å². The first-order valence-corrected chi connectivity index (χ1v) is 12.8. The van der Waals surface area contributed by atoms with Crippen LogP contribution in [0, 0.1) is 17.0 Å². The van der Waals surface area contributed by atoms with E-state index in [4.69, 9.17) is 28.0 Å². The van der Waals surface area contributed by atoms with E-state index in [1.165, 1.54) is 18.6 Å². The molecule has 1 aliphatic carbocycles. The van der Waals surface area contributed by atoms with E-state index in [2.05, 4.69) is 5.32 Å². The Labute approximate surface area is 221 Å². The third-order valence-electron chi connectivity index (χ3n) is 6.42. The van der Waals surface area contributed by atoms with Crippen molar-refractivity contribution in [2.75, 3.05) is 6.54 Å². The van der Waals surface area contributed by atoms with Gasteiger partial charge in [-0.15, -0.1) is 0 Å². The fourth-order valence-electron chi connectivity index (χ4n) is 4.57. The van der Waals surface area contributed by atoms with E-state index in [-0.39, 0.29) is 23.9 Å². The number of carbonyl (C=O) groups excluding carboxylic acids is 1. The largest absolute Gasteiger partial charge is 0.457 e. The third kappa shape index (κ3) is 7.46. The number of nitrogens with one attached hydrogen (secondary N) is 1. The summed E-state index contributed by atoms with van der Waals surface area (Å²) < 4.78 is 12.1. The molecule has 3 aromatic rings. The maximum absolute atomic E-state index is 11.6. The van der Waals surface area contributed by atoms with Crippen LogP contribution in [0.2, 0.25) is 5.02 Å². The van der Waals surface area contributed by atoms with Crippen LogP contribution in [0.1, 0.15) is 55.6 Å². The highest BCUT2D eigenvalue weighted by molar-refractivity contribution is 6.30. The van der Waals surface area contributed by atoms with Gasteiger partial charge in [-0.1, -0.05) is 43.0 Å². The van der Waals surface area contributed by atoms with Crippen LogP contribution in [0.15, 0.2) is 60.7 Å². The van der Waals surface area contributed by atoms with Crippen LogP contribution in [0.3, 0.4) is 0 Å². The molecule has 7 nitrogen and oxygen atoms in total. The summed E-state index contributed by atoms with van der Waals surface area (Å²) >= 11 is 6.29. The number of hydrogen-bond donors (Lipinski definition) is 1. The molecule has 192 valence electrons. The molecule has 4 rings (SSSR count). The summed E-state index contributed by atoms with van der Waals surface area (Å²) in [5, 5.41) is 14.8. The minimum Gasteiger partial charge on any atom is -0.457 e. The fourth-order valence-corrected chi connectivity index (χ4v) is 4.75. The van der Waals surface area contributed by atoms with Crippen molar-refractivity contribution in [1.82, 2.24) is 5.32 Å². The van der Waals surface area contributed by atoms with E-state index in [9.17, 15) is 14.9 Å². The Hall–Kier alpha value is -3.58. The number of carbonyl (C=O) groups is 1. The monoisotopic (exact) mass is 520 g/mol. The summed E-state index contributed by atoms with van der Waals surface area (Å²) in [6.45, 7) is 5.43. The lowest BCUT2D eigenvalue weighted by atomic mass is 9.84. The molecule has 37 heavy (non-hydrogen) atoms. The highest BCUT2D eigenvalue weighted by Crippen LogP contribution is 2.41. The molecule has 0 spiro atoms. The summed E-state index contributed by atoms with van der Waals surface area (Å²) in [5.74, 6) is 1.98. The number of ether oxygens (including phenoxy) is 2. The number of nitro benzene ring substituents is 1. The number of amides is 1. The maximum Gasteiger partial charge on any atom is 0.276 e. The molecule has 0 bridgehead atoms. The average Bonchev–Trinajstić information content (AvgIpc) is 2.90. The zero-order chi connectivity index (χ0) is 26.2. The molecule has 1 aliphatic rings. The molecule has 2 radical (unpaired) electrons. The highest BCUT2D eigenvalue weighted by atomic mass is 35.5. The van der Waals surface area contributed by atoms with Gasteiger partial charge in [-0.2, -0.15) is 0 Å². The van der Waals surface area contributed by atoms with Crippen molar-refractivity contribution < 1.29 is 19.2 Å². The van der Waals surface area contributed by atoms with Crippen LogP contribution in [0.25, 0.3) is 0 Å². The third-order valence-corrected chi connectivity index (χ3v) is 6.65. The summed E-state index contributed by atoms with van der Waals surface area (Å²) in [6, 6.07) is 17.1. The van der Waals surface area contributed by atoms with Gasteiger partial charge in [-0.25, -0.2) is 0 Å². The molecule has 3 aromatic carbocycles. The quantitative estimate of drug-likeness (QED) is 0.219. The van der Waals surface area contributed by atoms with Gasteiger partial charge in [0.2, 0.25) is 5.91 Å². The number of aryl methyl sites for hydroxylation is 1. The van der Waals surface area contributed by atoms with E-state index in [1.807, 2.05) is 24.3 Å². The number of benzene rings is 3. The van der Waals surface area contributed by atoms with Crippen molar-refractivity contribution in [3.63, 3.8) is 0 Å². The molecular weight excluding hydrogens is 492 g/mol. The zero-order valence-corrected chi connectivity index (χ0v) is 21.2. The molecule has 0 atom stereocenters. The average molecular weight is 521 g/mol. The molecule has 1 saturated carbocycles. The lowest BCUT2D eigenvalue weighted by molar-refractivity contribution is -0.385. The number of rotatable bonds is 10. The minimum atomic E-state index is -0.473. The van der Waals surface area contributed by atoms with E-state index < -0.39 is 4.92 Å². The Balaban J connectivity index is 1.52. The van der Waals surface area contributed by atoms with Crippen molar-refractivity contribution in [3.05, 3.63) is 93.9 Å². The summed E-state index contributed by atoms with van der Waals surface area (Å²) in [5.41, 5.74) is 1.85. The Bertz CT molecular complexity index is 1240. The van der Waals surface area contributed by atoms with Gasteiger partial charge in [0.05, 0.1) is 17.1 Å². The lowest BCUT2D eigenvalue weighted by Crippen LogP contribution is -2.22. The van der Waals surface area contributed by atoms with Gasteiger partial charge in [-0.05, 0) is 73.6 Å². The van der Waals surface area contributed by atoms with Gasteiger partial charge in [0.15, 0.2) is 0 Å². The van der Waals surface area contributed by atoms with E-state index in [0.29, 0.717) is 41.0 Å². The molecule has 8 heteroatoms. The molecule has 0 saturated heterocycles. The van der Waals surface area contributed by atoms with Crippen LogP contribution >= 0.6 is 11.6 Å². The van der Waals surface area contributed by atoms with Crippen LogP contribution < -0.4 is 14.8 Å². The molecule has 1 N–H and O–H groups in total. The second-order valence-electron chi connectivity index (χ2n) is 9.09. The Morgan fingerprint density at radius 2 is 1.68 bits per heavy atom. The summed E-state index contributed by atoms with van der Waals surface area (Å²) in [7, 11) is 0. The van der Waals surface area contributed by atoms with Gasteiger partial charge < -0.3 is 14.8 Å². The number of halogens is 1. The van der Waals surface area contributed by atoms with Crippen molar-refractivity contribution in [2.45, 2.75) is 50.9 Å². The molecule has 1 amide bonds. The Morgan fingerprint density at radius 3 is 2.35 bits per heavy atom. The highest BCUT2D eigenvalue weighted by Gasteiger charge is 2.21. The van der Waals surface area contributed by atoms with E-state index in [0.717, 1.165) is 36.8 Å². The molecular formula is C29H29ClN2O5. The summed E-state index contributed by atoms with van der Waals surface area (Å²) in [4.78, 5) is 22.8. The fraction of sp³-hybridized carbons (Fsp3) is 0.310. The maximum atomic E-state index is 11.6. The summed E-state index contributed by atoms with van der Waals surface area (Å²) in [6.07, 6.45) is 6.56. The Morgan fingerprint density at radius 1 is 0.973 bits per heavy atom. The zero-order valence-electron chi connectivity index (χ0n) is 20.5. The first-order chi connectivity index (χ1) is 17.9.